The topological polar surface area (TPSA) is 84.7 Å². The van der Waals surface area contributed by atoms with Gasteiger partial charge in [0.2, 0.25) is 0 Å². The summed E-state index contributed by atoms with van der Waals surface area (Å²) in [4.78, 5) is 24.6. The van der Waals surface area contributed by atoms with Crippen molar-refractivity contribution in [3.05, 3.63) is 69.8 Å². The lowest BCUT2D eigenvalue weighted by Gasteiger charge is -2.11. The first-order chi connectivity index (χ1) is 12.0. The molecule has 0 saturated carbocycles. The molecule has 0 atom stereocenters. The molecule has 132 valence electrons. The molecule has 0 bridgehead atoms. The third-order valence-corrected chi connectivity index (χ3v) is 3.53. The number of nitrogens with one attached hydrogen (secondary N) is 1. The number of carbonyl (C=O) groups is 1. The second-order valence-electron chi connectivity index (χ2n) is 5.75. The number of benzene rings is 2. The zero-order valence-corrected chi connectivity index (χ0v) is 14.3. The van der Waals surface area contributed by atoms with Crippen molar-refractivity contribution in [2.24, 2.45) is 0 Å². The van der Waals surface area contributed by atoms with Gasteiger partial charge in [-0.15, -0.1) is 0 Å². The van der Waals surface area contributed by atoms with Crippen molar-refractivity contribution in [1.29, 1.82) is 0 Å². The van der Waals surface area contributed by atoms with Gasteiger partial charge in [-0.25, -0.2) is 0 Å². The van der Waals surface area contributed by atoms with Crippen molar-refractivity contribution in [1.82, 2.24) is 10.2 Å². The van der Waals surface area contributed by atoms with Crippen LogP contribution in [0.1, 0.15) is 15.9 Å². The lowest BCUT2D eigenvalue weighted by atomic mass is 10.1. The van der Waals surface area contributed by atoms with Gasteiger partial charge in [-0.3, -0.25) is 14.9 Å². The quantitative estimate of drug-likeness (QED) is 0.588. The monoisotopic (exact) mass is 343 g/mol. The van der Waals surface area contributed by atoms with E-state index < -0.39 is 10.8 Å². The number of hydrogen-bond donors (Lipinski definition) is 1. The van der Waals surface area contributed by atoms with E-state index >= 15 is 0 Å². The number of para-hydroxylation sites is 1. The minimum Gasteiger partial charge on any atom is -0.492 e. The average molecular weight is 343 g/mol. The summed E-state index contributed by atoms with van der Waals surface area (Å²) < 4.78 is 5.60. The maximum absolute atomic E-state index is 12.2. The highest BCUT2D eigenvalue weighted by Crippen LogP contribution is 2.18. The highest BCUT2D eigenvalue weighted by atomic mass is 16.6. The summed E-state index contributed by atoms with van der Waals surface area (Å²) in [6, 6.07) is 13.3. The fourth-order valence-corrected chi connectivity index (χ4v) is 2.15. The molecule has 0 aliphatic carbocycles. The van der Waals surface area contributed by atoms with Crippen LogP contribution in [0.15, 0.2) is 48.5 Å². The molecule has 7 heteroatoms. The first kappa shape index (κ1) is 18.4. The van der Waals surface area contributed by atoms with E-state index in [2.05, 4.69) is 5.32 Å². The van der Waals surface area contributed by atoms with Crippen LogP contribution in [-0.2, 0) is 6.54 Å². The number of amides is 1. The van der Waals surface area contributed by atoms with Crippen molar-refractivity contribution in [3.8, 4) is 5.75 Å². The van der Waals surface area contributed by atoms with Crippen molar-refractivity contribution in [3.63, 3.8) is 0 Å². The molecule has 0 aliphatic heterocycles. The normalized spacial score (nSPS) is 10.5. The lowest BCUT2D eigenvalue weighted by Crippen LogP contribution is -2.23. The fourth-order valence-electron chi connectivity index (χ4n) is 2.15. The van der Waals surface area contributed by atoms with Crippen LogP contribution in [0.25, 0.3) is 0 Å². The average Bonchev–Trinajstić information content (AvgIpc) is 2.60. The van der Waals surface area contributed by atoms with Crippen LogP contribution in [0.3, 0.4) is 0 Å². The Labute approximate surface area is 146 Å². The lowest BCUT2D eigenvalue weighted by molar-refractivity contribution is -0.385. The molecule has 7 nitrogen and oxygen atoms in total. The molecule has 2 aromatic carbocycles. The van der Waals surface area contributed by atoms with Gasteiger partial charge in [0, 0.05) is 19.2 Å². The van der Waals surface area contributed by atoms with Crippen molar-refractivity contribution < 1.29 is 14.5 Å². The van der Waals surface area contributed by atoms with E-state index in [9.17, 15) is 14.9 Å². The van der Waals surface area contributed by atoms with E-state index in [-0.39, 0.29) is 17.8 Å². The van der Waals surface area contributed by atoms with Crippen LogP contribution in [0, 0.1) is 10.1 Å². The summed E-state index contributed by atoms with van der Waals surface area (Å²) in [7, 11) is 3.96. The van der Waals surface area contributed by atoms with E-state index in [1.807, 2.05) is 43.3 Å². The first-order valence-electron chi connectivity index (χ1n) is 7.85. The first-order valence-corrected chi connectivity index (χ1v) is 7.85. The van der Waals surface area contributed by atoms with Crippen LogP contribution < -0.4 is 10.1 Å². The Hall–Kier alpha value is -2.93. The molecule has 25 heavy (non-hydrogen) atoms. The summed E-state index contributed by atoms with van der Waals surface area (Å²) in [6.45, 7) is 1.71. The van der Waals surface area contributed by atoms with E-state index in [0.717, 1.165) is 17.9 Å². The third kappa shape index (κ3) is 5.58. The van der Waals surface area contributed by atoms with Gasteiger partial charge < -0.3 is 15.0 Å². The highest BCUT2D eigenvalue weighted by Gasteiger charge is 2.18. The number of rotatable bonds is 8. The highest BCUT2D eigenvalue weighted by molar-refractivity contribution is 5.98. The van der Waals surface area contributed by atoms with Gasteiger partial charge >= 0.3 is 0 Å². The van der Waals surface area contributed by atoms with Crippen molar-refractivity contribution in [2.75, 3.05) is 27.2 Å². The molecule has 0 aliphatic rings. The number of nitro groups is 1. The molecule has 0 spiro atoms. The molecule has 0 aromatic heterocycles. The van der Waals surface area contributed by atoms with Gasteiger partial charge in [0.05, 0.1) is 4.92 Å². The Bertz CT molecular complexity index is 729. The number of ether oxygens (including phenoxy) is 1. The van der Waals surface area contributed by atoms with Crippen LogP contribution in [0.2, 0.25) is 0 Å². The zero-order valence-electron chi connectivity index (χ0n) is 14.3. The summed E-state index contributed by atoms with van der Waals surface area (Å²) >= 11 is 0. The van der Waals surface area contributed by atoms with Crippen molar-refractivity contribution >= 4 is 11.6 Å². The molecule has 0 saturated heterocycles. The molecule has 1 amide bonds. The fraction of sp³-hybridized carbons (Fsp3) is 0.278. The Morgan fingerprint density at radius 3 is 2.48 bits per heavy atom. The predicted octanol–water partition coefficient (Wildman–Crippen LogP) is 2.47. The van der Waals surface area contributed by atoms with Gasteiger partial charge in [0.15, 0.2) is 0 Å². The Balaban J connectivity index is 1.91. The molecule has 0 fully saturated rings. The molecular weight excluding hydrogens is 322 g/mol. The van der Waals surface area contributed by atoms with Gasteiger partial charge in [0.25, 0.3) is 11.6 Å². The summed E-state index contributed by atoms with van der Waals surface area (Å²) in [5.74, 6) is 0.286. The second-order valence-corrected chi connectivity index (χ2v) is 5.75. The molecule has 2 rings (SSSR count). The molecule has 1 N–H and O–H groups in total. The number of nitrogens with zero attached hydrogens (tertiary/aromatic N) is 2. The van der Waals surface area contributed by atoms with Gasteiger partial charge in [-0.1, -0.05) is 24.3 Å². The predicted molar refractivity (Wildman–Crippen MR) is 94.8 cm³/mol. The Kier molecular flexibility index (Phi) is 6.47. The molecular formula is C18H21N3O4. The Morgan fingerprint density at radius 2 is 1.84 bits per heavy atom. The second kappa shape index (κ2) is 8.79. The molecule has 0 radical (unpaired) electrons. The SMILES string of the molecule is CN(C)CCOc1ccc(CNC(=O)c2ccccc2[N+](=O)[O-])cc1. The zero-order chi connectivity index (χ0) is 18.2. The van der Waals surface area contributed by atoms with E-state index in [1.54, 1.807) is 6.07 Å². The molecule has 0 heterocycles. The van der Waals surface area contributed by atoms with E-state index in [0.29, 0.717) is 6.61 Å². The Morgan fingerprint density at radius 1 is 1.16 bits per heavy atom. The third-order valence-electron chi connectivity index (χ3n) is 3.53. The van der Waals surface area contributed by atoms with Gasteiger partial charge in [-0.2, -0.15) is 0 Å². The minimum atomic E-state index is -0.561. The number of hydrogen-bond acceptors (Lipinski definition) is 5. The summed E-state index contributed by atoms with van der Waals surface area (Å²) in [6.07, 6.45) is 0. The maximum Gasteiger partial charge on any atom is 0.282 e. The van der Waals surface area contributed by atoms with Crippen LogP contribution in [-0.4, -0.2) is 43.0 Å². The largest absolute Gasteiger partial charge is 0.492 e. The number of carbonyl (C=O) groups excluding carboxylic acids is 1. The summed E-state index contributed by atoms with van der Waals surface area (Å²) in [5, 5.41) is 13.7. The van der Waals surface area contributed by atoms with Crippen LogP contribution >= 0.6 is 0 Å². The number of nitro benzene ring substituents is 1. The van der Waals surface area contributed by atoms with Gasteiger partial charge in [-0.05, 0) is 37.9 Å². The number of likely N-dealkylation sites (N-methyl/N-ethyl adjacent to an activating group) is 1. The molecule has 0 unspecified atom stereocenters. The van der Waals surface area contributed by atoms with Crippen LogP contribution in [0.4, 0.5) is 5.69 Å². The van der Waals surface area contributed by atoms with Gasteiger partial charge in [0.1, 0.15) is 17.9 Å². The van der Waals surface area contributed by atoms with Crippen molar-refractivity contribution in [2.45, 2.75) is 6.54 Å². The summed E-state index contributed by atoms with van der Waals surface area (Å²) in [5.41, 5.74) is 0.729. The smallest absolute Gasteiger partial charge is 0.282 e. The van der Waals surface area contributed by atoms with E-state index in [4.69, 9.17) is 4.74 Å². The van der Waals surface area contributed by atoms with Crippen LogP contribution in [0.5, 0.6) is 5.75 Å². The maximum atomic E-state index is 12.2. The standard InChI is InChI=1S/C18H21N3O4/c1-20(2)11-12-25-15-9-7-14(8-10-15)13-19-18(22)16-5-3-4-6-17(16)21(23)24/h3-10H,11-13H2,1-2H3,(H,19,22). The minimum absolute atomic E-state index is 0.0520. The van der Waals surface area contributed by atoms with E-state index in [1.165, 1.54) is 18.2 Å². The molecule has 2 aromatic rings.